The van der Waals surface area contributed by atoms with Gasteiger partial charge in [-0.3, -0.25) is 0 Å². The van der Waals surface area contributed by atoms with Gasteiger partial charge in [-0.1, -0.05) is 12.1 Å². The van der Waals surface area contributed by atoms with Crippen molar-refractivity contribution in [3.05, 3.63) is 35.4 Å². The first-order valence-electron chi connectivity index (χ1n) is 3.27. The number of hydrogen-bond acceptors (Lipinski definition) is 1. The first-order valence-corrected chi connectivity index (χ1v) is 3.27. The van der Waals surface area contributed by atoms with Crippen LogP contribution in [0.1, 0.15) is 5.56 Å². The summed E-state index contributed by atoms with van der Waals surface area (Å²) in [5, 5.41) is 0. The van der Waals surface area contributed by atoms with Gasteiger partial charge in [-0.05, 0) is 12.1 Å². The molecule has 1 heterocycles. The van der Waals surface area contributed by atoms with E-state index in [1.165, 1.54) is 0 Å². The summed E-state index contributed by atoms with van der Waals surface area (Å²) < 4.78 is 0. The first kappa shape index (κ1) is 9.10. The molecule has 0 saturated heterocycles. The van der Waals surface area contributed by atoms with Crippen LogP contribution in [0.2, 0.25) is 0 Å². The average molecular weight is 340 g/mol. The third kappa shape index (κ3) is 1.31. The number of hydrogen-bond donors (Lipinski definition) is 0. The summed E-state index contributed by atoms with van der Waals surface area (Å²) in [6.45, 7) is 0. The molecule has 12 heavy (non-hydrogen) atoms. The van der Waals surface area contributed by atoms with Crippen molar-refractivity contribution in [2.75, 3.05) is 0 Å². The van der Waals surface area contributed by atoms with E-state index in [1.54, 1.807) is 6.21 Å². The molecule has 1 aromatic carbocycles. The average Bonchev–Trinajstić information content (AvgIpc) is 2.47. The van der Waals surface area contributed by atoms with Gasteiger partial charge in [0.05, 0.1) is 11.3 Å². The summed E-state index contributed by atoms with van der Waals surface area (Å²) in [5.41, 5.74) is 10.8. The molecule has 0 bridgehead atoms. The molecule has 3 nitrogen and oxygen atoms in total. The van der Waals surface area contributed by atoms with Crippen LogP contribution >= 0.6 is 0 Å². The Hall–Kier alpha value is -0.990. The Kier molecular flexibility index (Phi) is 2.74. The van der Waals surface area contributed by atoms with E-state index in [1.807, 2.05) is 24.3 Å². The molecule has 1 aromatic rings. The van der Waals surface area contributed by atoms with Crippen LogP contribution in [0.3, 0.4) is 0 Å². The number of rotatable bonds is 0. The van der Waals surface area contributed by atoms with Gasteiger partial charge in [0.25, 0.3) is 0 Å². The molecule has 0 saturated carbocycles. The molecular formula is C8H5AuN3. The van der Waals surface area contributed by atoms with Crippen LogP contribution in [0.25, 0.3) is 5.53 Å². The maximum Gasteiger partial charge on any atom is 0.342 e. The van der Waals surface area contributed by atoms with Crippen LogP contribution < -0.4 is 0 Å². The number of aliphatic imine (C=N–C) groups is 1. The minimum absolute atomic E-state index is 0. The fraction of sp³-hybridized carbons (Fsp3) is 0. The van der Waals surface area contributed by atoms with Gasteiger partial charge in [0.2, 0.25) is 0 Å². The molecule has 4 heteroatoms. The van der Waals surface area contributed by atoms with Crippen molar-refractivity contribution in [2.45, 2.75) is 0 Å². The van der Waals surface area contributed by atoms with E-state index in [-0.39, 0.29) is 22.4 Å². The van der Waals surface area contributed by atoms with E-state index in [0.717, 1.165) is 11.3 Å². The van der Waals surface area contributed by atoms with E-state index in [0.29, 0.717) is 5.71 Å². The fourth-order valence-corrected chi connectivity index (χ4v) is 1.08. The number of benzene rings is 1. The number of fused-ring (bicyclic) bond motifs is 1. The van der Waals surface area contributed by atoms with Gasteiger partial charge in [-0.2, -0.15) is 4.79 Å². The van der Waals surface area contributed by atoms with E-state index < -0.39 is 0 Å². The second-order valence-electron chi connectivity index (χ2n) is 2.26. The van der Waals surface area contributed by atoms with Crippen LogP contribution in [0.5, 0.6) is 0 Å². The fourth-order valence-electron chi connectivity index (χ4n) is 1.08. The van der Waals surface area contributed by atoms with Crippen molar-refractivity contribution in [3.8, 4) is 0 Å². The van der Waals surface area contributed by atoms with Crippen molar-refractivity contribution < 1.29 is 27.2 Å². The van der Waals surface area contributed by atoms with Crippen molar-refractivity contribution >= 4 is 17.6 Å². The monoisotopic (exact) mass is 340 g/mol. The summed E-state index contributed by atoms with van der Waals surface area (Å²) in [6.07, 6.45) is 1.55. The molecule has 1 aliphatic heterocycles. The third-order valence-corrected chi connectivity index (χ3v) is 1.61. The van der Waals surface area contributed by atoms with Crippen molar-refractivity contribution in [2.24, 2.45) is 4.99 Å². The maximum absolute atomic E-state index is 8.51. The molecular weight excluding hydrogens is 335 g/mol. The minimum Gasteiger partial charge on any atom is -0.361 e. The second kappa shape index (κ2) is 3.61. The van der Waals surface area contributed by atoms with Gasteiger partial charge in [0.15, 0.2) is 0 Å². The SMILES string of the molecule is [Au].[N-]=[N+]=C1C=Nc2ccccc21. The molecule has 1 aliphatic rings. The zero-order valence-electron chi connectivity index (χ0n) is 6.03. The van der Waals surface area contributed by atoms with Crippen LogP contribution in [-0.2, 0) is 22.4 Å². The molecule has 0 aromatic heterocycles. The molecule has 0 aliphatic carbocycles. The Morgan fingerprint density at radius 2 is 2.00 bits per heavy atom. The Labute approximate surface area is 85.3 Å². The molecule has 0 unspecified atom stereocenters. The molecule has 63 valence electrons. The van der Waals surface area contributed by atoms with Gasteiger partial charge in [0.1, 0.15) is 6.21 Å². The number of para-hydroxylation sites is 1. The Morgan fingerprint density at radius 3 is 2.75 bits per heavy atom. The molecule has 0 amide bonds. The predicted molar refractivity (Wildman–Crippen MR) is 42.3 cm³/mol. The van der Waals surface area contributed by atoms with Gasteiger partial charge >= 0.3 is 5.71 Å². The van der Waals surface area contributed by atoms with Gasteiger partial charge in [-0.25, -0.2) is 4.99 Å². The predicted octanol–water partition coefficient (Wildman–Crippen LogP) is 1.42. The zero-order valence-corrected chi connectivity index (χ0v) is 8.20. The molecule has 0 spiro atoms. The van der Waals surface area contributed by atoms with E-state index in [4.69, 9.17) is 5.53 Å². The van der Waals surface area contributed by atoms with E-state index in [9.17, 15) is 0 Å². The van der Waals surface area contributed by atoms with Crippen LogP contribution in [0, 0.1) is 0 Å². The maximum atomic E-state index is 8.51. The summed E-state index contributed by atoms with van der Waals surface area (Å²) in [6, 6.07) is 7.54. The van der Waals surface area contributed by atoms with Crippen molar-refractivity contribution in [1.29, 1.82) is 0 Å². The smallest absolute Gasteiger partial charge is 0.342 e. The van der Waals surface area contributed by atoms with Gasteiger partial charge < -0.3 is 5.53 Å². The van der Waals surface area contributed by atoms with Gasteiger partial charge in [-0.15, -0.1) is 0 Å². The first-order chi connectivity index (χ1) is 5.42. The number of nitrogens with zero attached hydrogens (tertiary/aromatic N) is 3. The normalized spacial score (nSPS) is 11.8. The topological polar surface area (TPSA) is 48.8 Å². The van der Waals surface area contributed by atoms with Crippen LogP contribution in [0.15, 0.2) is 29.3 Å². The summed E-state index contributed by atoms with van der Waals surface area (Å²) >= 11 is 0. The Morgan fingerprint density at radius 1 is 1.25 bits per heavy atom. The molecule has 0 fully saturated rings. The van der Waals surface area contributed by atoms with Crippen LogP contribution in [-0.4, -0.2) is 16.7 Å². The Balaban J connectivity index is 0.000000720. The summed E-state index contributed by atoms with van der Waals surface area (Å²) in [4.78, 5) is 7.13. The Bertz CT molecular complexity index is 378. The van der Waals surface area contributed by atoms with Crippen molar-refractivity contribution in [1.82, 2.24) is 0 Å². The standard InChI is InChI=1S/C8H5N3.Au/c9-11-8-5-10-7-4-2-1-3-6(7)8;/h1-5H;. The zero-order chi connectivity index (χ0) is 7.68. The quantitative estimate of drug-likeness (QED) is 0.390. The van der Waals surface area contributed by atoms with Gasteiger partial charge in [0, 0.05) is 22.4 Å². The second-order valence-corrected chi connectivity index (χ2v) is 2.26. The van der Waals surface area contributed by atoms with E-state index >= 15 is 0 Å². The third-order valence-electron chi connectivity index (χ3n) is 1.61. The molecule has 2 rings (SSSR count). The molecule has 0 atom stereocenters. The summed E-state index contributed by atoms with van der Waals surface area (Å²) in [5.74, 6) is 0. The largest absolute Gasteiger partial charge is 0.361 e. The van der Waals surface area contributed by atoms with Crippen molar-refractivity contribution in [3.63, 3.8) is 0 Å². The summed E-state index contributed by atoms with van der Waals surface area (Å²) in [7, 11) is 0. The van der Waals surface area contributed by atoms with Crippen LogP contribution in [0.4, 0.5) is 5.69 Å². The minimum atomic E-state index is 0. The molecule has 1 radical (unpaired) electrons. The van der Waals surface area contributed by atoms with E-state index in [2.05, 4.69) is 9.78 Å². The molecule has 0 N–H and O–H groups in total.